The Bertz CT molecular complexity index is 1670. The molecule has 0 aliphatic carbocycles. The fourth-order valence-electron chi connectivity index (χ4n) is 4.31. The zero-order valence-electron chi connectivity index (χ0n) is 21.0. The van der Waals surface area contributed by atoms with Crippen LogP contribution in [0.5, 0.6) is 0 Å². The number of nitrogens with one attached hydrogen (secondary N) is 1. The first-order valence-corrected chi connectivity index (χ1v) is 12.1. The third-order valence-electron chi connectivity index (χ3n) is 6.31. The number of rotatable bonds is 7. The summed E-state index contributed by atoms with van der Waals surface area (Å²) < 4.78 is 4.88. The average molecular weight is 493 g/mol. The number of hydrogen-bond acceptors (Lipinski definition) is 4. The van der Waals surface area contributed by atoms with Crippen LogP contribution in [0.15, 0.2) is 83.8 Å². The number of amides is 1. The molecule has 8 heteroatoms. The molecule has 8 nitrogen and oxygen atoms in total. The van der Waals surface area contributed by atoms with E-state index in [0.717, 1.165) is 22.5 Å². The molecule has 5 aromatic rings. The smallest absolute Gasteiger partial charge is 0.323 e. The van der Waals surface area contributed by atoms with Crippen LogP contribution in [-0.4, -0.2) is 29.9 Å². The highest BCUT2D eigenvalue weighted by Crippen LogP contribution is 2.17. The summed E-state index contributed by atoms with van der Waals surface area (Å²) in [6, 6.07) is 21.2. The highest BCUT2D eigenvalue weighted by Gasteiger charge is 2.11. The van der Waals surface area contributed by atoms with Gasteiger partial charge in [-0.3, -0.25) is 13.9 Å². The fourth-order valence-corrected chi connectivity index (χ4v) is 4.31. The van der Waals surface area contributed by atoms with Crippen LogP contribution in [-0.2, 0) is 17.9 Å². The van der Waals surface area contributed by atoms with E-state index in [0.29, 0.717) is 24.4 Å². The number of fused-ring (bicyclic) bond motifs is 1. The second-order valence-electron chi connectivity index (χ2n) is 9.12. The standard InChI is InChI=1S/C29H28N6O2/c1-20-10-12-23(13-11-20)18-34-22(3)26(21(2)31-34)14-15-28(36)30-25-8-6-7-24(17-25)19-35-29(37)33-16-5-4-9-27(33)32-35/h4-17H,18-19H2,1-3H3,(H,30,36). The molecule has 186 valence electrons. The predicted molar refractivity (Wildman–Crippen MR) is 145 cm³/mol. The number of carbonyl (C=O) groups excluding carboxylic acids is 1. The Labute approximate surface area is 214 Å². The number of carbonyl (C=O) groups is 1. The monoisotopic (exact) mass is 492 g/mol. The van der Waals surface area contributed by atoms with Crippen molar-refractivity contribution in [1.29, 1.82) is 0 Å². The Morgan fingerprint density at radius 3 is 2.46 bits per heavy atom. The number of aryl methyl sites for hydroxylation is 2. The van der Waals surface area contributed by atoms with Crippen molar-refractivity contribution in [2.75, 3.05) is 5.32 Å². The van der Waals surface area contributed by atoms with Crippen molar-refractivity contribution in [1.82, 2.24) is 24.0 Å². The lowest BCUT2D eigenvalue weighted by atomic mass is 10.1. The van der Waals surface area contributed by atoms with Gasteiger partial charge in [-0.15, -0.1) is 5.10 Å². The van der Waals surface area contributed by atoms with E-state index in [9.17, 15) is 9.59 Å². The summed E-state index contributed by atoms with van der Waals surface area (Å²) >= 11 is 0. The molecule has 1 amide bonds. The van der Waals surface area contributed by atoms with E-state index < -0.39 is 0 Å². The van der Waals surface area contributed by atoms with E-state index >= 15 is 0 Å². The molecule has 3 heterocycles. The minimum absolute atomic E-state index is 0.207. The van der Waals surface area contributed by atoms with Gasteiger partial charge in [-0.1, -0.05) is 48.0 Å². The molecule has 0 saturated heterocycles. The third-order valence-corrected chi connectivity index (χ3v) is 6.31. The molecule has 3 aromatic heterocycles. The minimum atomic E-state index is -0.243. The van der Waals surface area contributed by atoms with Gasteiger partial charge in [0.25, 0.3) is 0 Å². The number of aromatic nitrogens is 5. The molecule has 1 N–H and O–H groups in total. The summed E-state index contributed by atoms with van der Waals surface area (Å²) in [5.41, 5.74) is 7.09. The Morgan fingerprint density at radius 2 is 1.68 bits per heavy atom. The zero-order chi connectivity index (χ0) is 25.9. The lowest BCUT2D eigenvalue weighted by Crippen LogP contribution is -2.21. The number of hydrogen-bond donors (Lipinski definition) is 1. The first kappa shape index (κ1) is 24.0. The van der Waals surface area contributed by atoms with E-state index in [1.54, 1.807) is 24.4 Å². The second-order valence-corrected chi connectivity index (χ2v) is 9.12. The van der Waals surface area contributed by atoms with Crippen LogP contribution in [0.25, 0.3) is 11.7 Å². The molecule has 0 aliphatic heterocycles. The quantitative estimate of drug-likeness (QED) is 0.342. The maximum absolute atomic E-state index is 12.7. The molecule has 0 aliphatic rings. The molecule has 0 radical (unpaired) electrons. The third kappa shape index (κ3) is 5.28. The zero-order valence-corrected chi connectivity index (χ0v) is 21.0. The van der Waals surface area contributed by atoms with Crippen molar-refractivity contribution >= 4 is 23.3 Å². The van der Waals surface area contributed by atoms with E-state index in [2.05, 4.69) is 46.7 Å². The molecular weight excluding hydrogens is 464 g/mol. The van der Waals surface area contributed by atoms with Crippen LogP contribution in [0.4, 0.5) is 5.69 Å². The van der Waals surface area contributed by atoms with Crippen LogP contribution in [0.2, 0.25) is 0 Å². The molecular formula is C29H28N6O2. The van der Waals surface area contributed by atoms with Crippen molar-refractivity contribution in [3.8, 4) is 0 Å². The van der Waals surface area contributed by atoms with Crippen molar-refractivity contribution in [2.45, 2.75) is 33.9 Å². The van der Waals surface area contributed by atoms with Crippen molar-refractivity contribution in [3.63, 3.8) is 0 Å². The topological polar surface area (TPSA) is 86.2 Å². The van der Waals surface area contributed by atoms with Crippen LogP contribution in [0.3, 0.4) is 0 Å². The molecule has 0 bridgehead atoms. The summed E-state index contributed by atoms with van der Waals surface area (Å²) in [5.74, 6) is -0.243. The Morgan fingerprint density at radius 1 is 0.892 bits per heavy atom. The van der Waals surface area contributed by atoms with Gasteiger partial charge in [0.15, 0.2) is 5.65 Å². The Hall–Kier alpha value is -4.72. The number of pyridine rings is 1. The second kappa shape index (κ2) is 10.1. The Kier molecular flexibility index (Phi) is 6.55. The van der Waals surface area contributed by atoms with Gasteiger partial charge >= 0.3 is 5.69 Å². The molecule has 37 heavy (non-hydrogen) atoms. The molecule has 0 saturated carbocycles. The summed E-state index contributed by atoms with van der Waals surface area (Å²) in [6.45, 7) is 7.01. The normalized spacial score (nSPS) is 11.4. The first-order chi connectivity index (χ1) is 17.9. The van der Waals surface area contributed by atoms with Crippen LogP contribution in [0, 0.1) is 20.8 Å². The van der Waals surface area contributed by atoms with Gasteiger partial charge in [0.05, 0.1) is 18.8 Å². The lowest BCUT2D eigenvalue weighted by molar-refractivity contribution is -0.111. The number of nitrogens with zero attached hydrogens (tertiary/aromatic N) is 5. The summed E-state index contributed by atoms with van der Waals surface area (Å²) in [6.07, 6.45) is 5.02. The molecule has 0 spiro atoms. The Balaban J connectivity index is 1.27. The average Bonchev–Trinajstić information content (AvgIpc) is 3.34. The van der Waals surface area contributed by atoms with Gasteiger partial charge in [0.1, 0.15) is 0 Å². The molecule has 0 atom stereocenters. The number of benzene rings is 2. The van der Waals surface area contributed by atoms with Crippen molar-refractivity contribution < 1.29 is 4.79 Å². The van der Waals surface area contributed by atoms with Crippen LogP contribution in [0.1, 0.15) is 33.6 Å². The maximum Gasteiger partial charge on any atom is 0.350 e. The van der Waals surface area contributed by atoms with E-state index in [1.165, 1.54) is 26.3 Å². The van der Waals surface area contributed by atoms with Crippen LogP contribution < -0.4 is 11.0 Å². The summed E-state index contributed by atoms with van der Waals surface area (Å²) in [5, 5.41) is 11.9. The lowest BCUT2D eigenvalue weighted by Gasteiger charge is -2.06. The molecule has 5 rings (SSSR count). The molecule has 0 fully saturated rings. The van der Waals surface area contributed by atoms with Gasteiger partial charge in [0, 0.05) is 29.2 Å². The van der Waals surface area contributed by atoms with Gasteiger partial charge in [0.2, 0.25) is 5.91 Å². The van der Waals surface area contributed by atoms with Gasteiger partial charge in [-0.25, -0.2) is 9.48 Å². The summed E-state index contributed by atoms with van der Waals surface area (Å²) in [7, 11) is 0. The highest BCUT2D eigenvalue weighted by molar-refractivity contribution is 6.02. The highest BCUT2D eigenvalue weighted by atomic mass is 16.2. The minimum Gasteiger partial charge on any atom is -0.323 e. The van der Waals surface area contributed by atoms with Crippen molar-refractivity contribution in [3.05, 3.63) is 123 Å². The van der Waals surface area contributed by atoms with E-state index in [1.807, 2.05) is 48.9 Å². The maximum atomic E-state index is 12.7. The molecule has 0 unspecified atom stereocenters. The van der Waals surface area contributed by atoms with E-state index in [4.69, 9.17) is 0 Å². The fraction of sp³-hybridized carbons (Fsp3) is 0.172. The van der Waals surface area contributed by atoms with Gasteiger partial charge in [-0.2, -0.15) is 5.10 Å². The molecule has 2 aromatic carbocycles. The van der Waals surface area contributed by atoms with Gasteiger partial charge < -0.3 is 5.32 Å². The summed E-state index contributed by atoms with van der Waals surface area (Å²) in [4.78, 5) is 25.2. The van der Waals surface area contributed by atoms with E-state index in [-0.39, 0.29) is 11.6 Å². The largest absolute Gasteiger partial charge is 0.350 e. The van der Waals surface area contributed by atoms with Crippen LogP contribution >= 0.6 is 0 Å². The number of anilines is 1. The first-order valence-electron chi connectivity index (χ1n) is 12.1. The predicted octanol–water partition coefficient (Wildman–Crippen LogP) is 4.37. The van der Waals surface area contributed by atoms with Crippen molar-refractivity contribution in [2.24, 2.45) is 0 Å². The van der Waals surface area contributed by atoms with Gasteiger partial charge in [-0.05, 0) is 62.2 Å². The SMILES string of the molecule is Cc1ccc(Cn2nc(C)c(C=CC(=O)Nc3cccc(Cn4nc5ccccn5c4=O)c3)c2C)cc1.